The van der Waals surface area contributed by atoms with Crippen LogP contribution in [-0.4, -0.2) is 54.3 Å². The quantitative estimate of drug-likeness (QED) is 0.0240. The normalized spacial score (nSPS) is 14.2. The molecule has 0 bridgehead atoms. The number of unbranched alkanes of at least 4 members (excludes halogenated alkanes) is 12. The van der Waals surface area contributed by atoms with Gasteiger partial charge in [-0.05, 0) is 89.9 Å². The van der Waals surface area contributed by atoms with Crippen LogP contribution < -0.4 is 5.32 Å². The van der Waals surface area contributed by atoms with Crippen LogP contribution >= 0.6 is 7.82 Å². The van der Waals surface area contributed by atoms with Crippen molar-refractivity contribution >= 4 is 19.7 Å². The van der Waals surface area contributed by atoms with Crippen LogP contribution in [0.5, 0.6) is 0 Å². The number of nitrogens with one attached hydrogen (secondary N) is 1. The van der Waals surface area contributed by atoms with E-state index in [9.17, 15) is 24.2 Å². The van der Waals surface area contributed by atoms with E-state index in [-0.39, 0.29) is 32.1 Å². The Kier molecular flexibility index (Phi) is 42.2. The van der Waals surface area contributed by atoms with Gasteiger partial charge < -0.3 is 20.1 Å². The van der Waals surface area contributed by atoms with Crippen molar-refractivity contribution in [1.82, 2.24) is 5.32 Å². The zero-order valence-electron chi connectivity index (χ0n) is 36.9. The van der Waals surface area contributed by atoms with Crippen LogP contribution in [0.25, 0.3) is 0 Å². The van der Waals surface area contributed by atoms with Gasteiger partial charge in [0.05, 0.1) is 13.2 Å². The molecule has 1 amide bonds. The Balaban J connectivity index is 3.65. The monoisotopic (exact) mass is 844 g/mol. The van der Waals surface area contributed by atoms with Crippen molar-refractivity contribution in [3.63, 3.8) is 0 Å². The molecule has 0 aromatic rings. The van der Waals surface area contributed by atoms with Gasteiger partial charge in [-0.3, -0.25) is 18.6 Å². The van der Waals surface area contributed by atoms with Gasteiger partial charge in [0.15, 0.2) is 0 Å². The van der Waals surface area contributed by atoms with Crippen molar-refractivity contribution in [2.75, 3.05) is 26.4 Å². The Bertz CT molecular complexity index is 1280. The number of hydrogen-bond donors (Lipinski definition) is 3. The number of phosphoric acid groups is 1. The van der Waals surface area contributed by atoms with Gasteiger partial charge in [0.1, 0.15) is 12.7 Å². The first-order chi connectivity index (χ1) is 28.8. The molecule has 0 saturated heterocycles. The van der Waals surface area contributed by atoms with E-state index in [1.807, 2.05) is 0 Å². The zero-order valence-corrected chi connectivity index (χ0v) is 37.8. The van der Waals surface area contributed by atoms with Crippen LogP contribution in [-0.2, 0) is 27.9 Å². The number of esters is 1. The minimum Gasteiger partial charge on any atom is -0.463 e. The number of phosphoric ester groups is 1. The molecule has 0 saturated carbocycles. The second kappa shape index (κ2) is 44.5. The first-order valence-electron chi connectivity index (χ1n) is 22.7. The molecule has 3 N–H and O–H groups in total. The number of carbonyl (C=O) groups is 2. The molecular weight excluding hydrogens is 762 g/mol. The molecule has 336 valence electrons. The Morgan fingerprint density at radius 1 is 0.525 bits per heavy atom. The molecule has 0 fully saturated rings. The summed E-state index contributed by atoms with van der Waals surface area (Å²) in [5.74, 6) is -0.553. The first-order valence-corrected chi connectivity index (χ1v) is 24.2. The summed E-state index contributed by atoms with van der Waals surface area (Å²) in [4.78, 5) is 34.0. The molecule has 0 aromatic heterocycles. The second-order valence-electron chi connectivity index (χ2n) is 14.6. The molecule has 9 nitrogen and oxygen atoms in total. The summed E-state index contributed by atoms with van der Waals surface area (Å²) >= 11 is 0. The maximum Gasteiger partial charge on any atom is 0.472 e. The summed E-state index contributed by atoms with van der Waals surface area (Å²) in [6.07, 6.45) is 57.7. The predicted molar refractivity (Wildman–Crippen MR) is 247 cm³/mol. The highest BCUT2D eigenvalue weighted by Gasteiger charge is 2.23. The van der Waals surface area contributed by atoms with E-state index in [4.69, 9.17) is 13.8 Å². The number of ether oxygens (including phenoxy) is 1. The van der Waals surface area contributed by atoms with Crippen LogP contribution in [0.2, 0.25) is 0 Å². The molecule has 0 rings (SSSR count). The summed E-state index contributed by atoms with van der Waals surface area (Å²) < 4.78 is 26.9. The zero-order chi connectivity index (χ0) is 43.2. The van der Waals surface area contributed by atoms with Gasteiger partial charge >= 0.3 is 13.8 Å². The lowest BCUT2D eigenvalue weighted by Crippen LogP contribution is -2.27. The van der Waals surface area contributed by atoms with Crippen molar-refractivity contribution in [1.29, 1.82) is 0 Å². The molecular formula is C49H82NO8P. The molecule has 10 heteroatoms. The van der Waals surface area contributed by atoms with Gasteiger partial charge in [0, 0.05) is 19.4 Å². The summed E-state index contributed by atoms with van der Waals surface area (Å²) in [7, 11) is -4.43. The van der Waals surface area contributed by atoms with E-state index in [1.165, 1.54) is 25.7 Å². The number of aliphatic hydroxyl groups is 1. The number of amides is 1. The van der Waals surface area contributed by atoms with Crippen molar-refractivity contribution < 1.29 is 37.9 Å². The van der Waals surface area contributed by atoms with Crippen molar-refractivity contribution in [2.24, 2.45) is 0 Å². The fourth-order valence-electron chi connectivity index (χ4n) is 5.66. The second-order valence-corrected chi connectivity index (χ2v) is 16.1. The third kappa shape index (κ3) is 45.9. The van der Waals surface area contributed by atoms with Gasteiger partial charge in [-0.2, -0.15) is 0 Å². The number of allylic oxidation sites excluding steroid dienone is 16. The fraction of sp³-hybridized carbons (Fsp3) is 0.633. The van der Waals surface area contributed by atoms with Crippen molar-refractivity contribution in [2.45, 2.75) is 174 Å². The topological polar surface area (TPSA) is 131 Å². The van der Waals surface area contributed by atoms with E-state index in [1.54, 1.807) is 0 Å². The Morgan fingerprint density at radius 3 is 1.37 bits per heavy atom. The molecule has 0 radical (unpaired) electrons. The lowest BCUT2D eigenvalue weighted by atomic mass is 10.1. The third-order valence-electron chi connectivity index (χ3n) is 9.01. The molecule has 59 heavy (non-hydrogen) atoms. The highest BCUT2D eigenvalue weighted by Crippen LogP contribution is 2.42. The molecule has 0 aromatic carbocycles. The summed E-state index contributed by atoms with van der Waals surface area (Å²) in [5.41, 5.74) is 0. The Morgan fingerprint density at radius 2 is 0.915 bits per heavy atom. The number of carbonyl (C=O) groups excluding carboxylic acids is 2. The van der Waals surface area contributed by atoms with Gasteiger partial charge in [0.2, 0.25) is 5.91 Å². The van der Waals surface area contributed by atoms with Crippen LogP contribution in [0.3, 0.4) is 0 Å². The number of aliphatic hydroxyl groups excluding tert-OH is 1. The SMILES string of the molecule is CC/C=C\C/C=C\C/C=C\C/C=C\C/C=C\CCCCCCCCCC(=O)NCCOP(=O)(O)OCC(O)COC(=O)CCCCCCC/C=C\C/C=C\C/C=C\CC. The molecule has 0 heterocycles. The van der Waals surface area contributed by atoms with Gasteiger partial charge in [-0.1, -0.05) is 162 Å². The maximum atomic E-state index is 12.1. The molecule has 0 aliphatic heterocycles. The number of hydrogen-bond acceptors (Lipinski definition) is 7. The highest BCUT2D eigenvalue weighted by atomic mass is 31.2. The lowest BCUT2D eigenvalue weighted by Gasteiger charge is -2.15. The van der Waals surface area contributed by atoms with E-state index >= 15 is 0 Å². The molecule has 2 atom stereocenters. The van der Waals surface area contributed by atoms with Crippen LogP contribution in [0.15, 0.2) is 97.2 Å². The van der Waals surface area contributed by atoms with E-state index in [0.29, 0.717) is 12.8 Å². The first kappa shape index (κ1) is 55.9. The van der Waals surface area contributed by atoms with E-state index in [0.717, 1.165) is 109 Å². The fourth-order valence-corrected chi connectivity index (χ4v) is 6.41. The summed E-state index contributed by atoms with van der Waals surface area (Å²) in [6, 6.07) is 0. The molecule has 0 aliphatic carbocycles. The largest absolute Gasteiger partial charge is 0.472 e. The minimum atomic E-state index is -4.43. The average Bonchev–Trinajstić information content (AvgIpc) is 3.22. The van der Waals surface area contributed by atoms with Crippen LogP contribution in [0, 0.1) is 0 Å². The van der Waals surface area contributed by atoms with Crippen LogP contribution in [0.1, 0.15) is 168 Å². The molecule has 0 aliphatic rings. The summed E-state index contributed by atoms with van der Waals surface area (Å²) in [6.45, 7) is 3.27. The minimum absolute atomic E-state index is 0.0668. The van der Waals surface area contributed by atoms with Crippen molar-refractivity contribution in [3.8, 4) is 0 Å². The van der Waals surface area contributed by atoms with E-state index in [2.05, 4.69) is 116 Å². The smallest absolute Gasteiger partial charge is 0.463 e. The molecule has 0 spiro atoms. The highest BCUT2D eigenvalue weighted by molar-refractivity contribution is 7.47. The van der Waals surface area contributed by atoms with Gasteiger partial charge in [0.25, 0.3) is 0 Å². The third-order valence-corrected chi connectivity index (χ3v) is 9.99. The predicted octanol–water partition coefficient (Wildman–Crippen LogP) is 13.0. The Hall–Kier alpha value is -3.07. The maximum absolute atomic E-state index is 12.1. The number of rotatable bonds is 41. The standard InChI is InChI=1S/C49H82NO8P/c1-3-5-7-9-11-13-15-17-19-20-21-22-23-24-25-26-28-29-31-33-35-37-39-41-48(52)50-43-44-57-59(54,55)58-46-47(51)45-56-49(53)42-40-38-36-34-32-30-27-18-16-14-12-10-8-6-4-2/h5-8,11-14,17-19,21-22,24-25,27,47,51H,3-4,9-10,15-16,20,23,26,28-46H2,1-2H3,(H,50,52)(H,54,55)/b7-5-,8-6-,13-11-,14-12-,19-17-,22-21-,25-24-,27-18-. The Labute approximate surface area is 359 Å². The van der Waals surface area contributed by atoms with Gasteiger partial charge in [-0.15, -0.1) is 0 Å². The lowest BCUT2D eigenvalue weighted by molar-refractivity contribution is -0.147. The van der Waals surface area contributed by atoms with Gasteiger partial charge in [-0.25, -0.2) is 4.57 Å². The van der Waals surface area contributed by atoms with E-state index < -0.39 is 26.5 Å². The summed E-state index contributed by atoms with van der Waals surface area (Å²) in [5, 5.41) is 12.7. The average molecular weight is 844 g/mol. The van der Waals surface area contributed by atoms with Crippen molar-refractivity contribution in [3.05, 3.63) is 97.2 Å². The van der Waals surface area contributed by atoms with Crippen LogP contribution in [0.4, 0.5) is 0 Å². The molecule has 2 unspecified atom stereocenters.